The molecule has 7 nitrogen and oxygen atoms in total. The molecule has 1 aliphatic rings. The van der Waals surface area contributed by atoms with Crippen LogP contribution in [0.2, 0.25) is 0 Å². The van der Waals surface area contributed by atoms with Gasteiger partial charge in [0.2, 0.25) is 0 Å². The van der Waals surface area contributed by atoms with Crippen molar-refractivity contribution in [2.75, 3.05) is 13.1 Å². The van der Waals surface area contributed by atoms with Crippen LogP contribution in [0.15, 0.2) is 16.6 Å². The summed E-state index contributed by atoms with van der Waals surface area (Å²) in [5.74, 6) is -3.45. The fraction of sp³-hybridized carbons (Fsp3) is 0.533. The molecule has 3 N–H and O–H groups in total. The van der Waals surface area contributed by atoms with Crippen LogP contribution >= 0.6 is 15.9 Å². The molecule has 1 amide bonds. The van der Waals surface area contributed by atoms with Crippen molar-refractivity contribution >= 4 is 32.0 Å². The molecule has 0 aromatic heterocycles. The highest BCUT2D eigenvalue weighted by Gasteiger charge is 2.49. The Morgan fingerprint density at radius 3 is 2.41 bits per heavy atom. The first kappa shape index (κ1) is 23.5. The number of nitrogens with zero attached hydrogens (tertiary/aromatic N) is 1. The zero-order valence-corrected chi connectivity index (χ0v) is 17.0. The molecule has 1 aromatic carbocycles. The second-order valence-corrected chi connectivity index (χ2v) is 8.22. The van der Waals surface area contributed by atoms with Crippen LogP contribution in [0.3, 0.4) is 0 Å². The lowest BCUT2D eigenvalue weighted by Crippen LogP contribution is -2.29. The van der Waals surface area contributed by atoms with E-state index in [1.165, 1.54) is 25.9 Å². The number of benzene rings is 1. The summed E-state index contributed by atoms with van der Waals surface area (Å²) in [5, 5.41) is 9.36. The minimum absolute atomic E-state index is 0.0931. The van der Waals surface area contributed by atoms with E-state index in [4.69, 9.17) is 5.73 Å². The van der Waals surface area contributed by atoms with E-state index in [1.54, 1.807) is 0 Å². The Kier molecular flexibility index (Phi) is 7.93. The molecule has 27 heavy (non-hydrogen) atoms. The second kappa shape index (κ2) is 9.11. The third kappa shape index (κ3) is 6.25. The molecule has 2 rings (SSSR count). The van der Waals surface area contributed by atoms with Gasteiger partial charge in [0, 0.05) is 10.5 Å². The van der Waals surface area contributed by atoms with E-state index in [2.05, 4.69) is 38.9 Å². The molecule has 1 saturated heterocycles. The normalized spacial score (nSPS) is 17.9. The average molecular weight is 477 g/mol. The lowest BCUT2D eigenvalue weighted by Gasteiger charge is -2.17. The van der Waals surface area contributed by atoms with E-state index in [1.807, 2.05) is 0 Å². The molecule has 0 radical (unpaired) electrons. The number of rotatable bonds is 4. The standard InChI is InChI=1S/C8H5BrF3NO5S.C7H15N/c9-3-1-4(7(13)15)6(5(14)2-3)18-19(16,17)8(10,11)12;1-3-8-6-4-5-7(8)2/h1-2,14H,(H2,13,15);7H,3-6H2,1-2H3. The van der Waals surface area contributed by atoms with E-state index in [0.29, 0.717) is 0 Å². The monoisotopic (exact) mass is 476 g/mol. The molecule has 1 aromatic rings. The van der Waals surface area contributed by atoms with Crippen molar-refractivity contribution in [3.05, 3.63) is 22.2 Å². The zero-order chi connectivity index (χ0) is 21.0. The van der Waals surface area contributed by atoms with Gasteiger partial charge in [-0.1, -0.05) is 22.9 Å². The number of nitrogens with two attached hydrogens (primary N) is 1. The summed E-state index contributed by atoms with van der Waals surface area (Å²) in [6, 6.07) is 2.61. The number of carbonyl (C=O) groups excluding carboxylic acids is 1. The summed E-state index contributed by atoms with van der Waals surface area (Å²) in [4.78, 5) is 13.5. The highest BCUT2D eigenvalue weighted by Crippen LogP contribution is 2.37. The summed E-state index contributed by atoms with van der Waals surface area (Å²) in [6.45, 7) is 7.12. The number of aromatic hydroxyl groups is 1. The topological polar surface area (TPSA) is 110 Å². The molecule has 1 heterocycles. The minimum Gasteiger partial charge on any atom is -0.504 e. The summed E-state index contributed by atoms with van der Waals surface area (Å²) in [7, 11) is -6.03. The number of halogens is 4. The van der Waals surface area contributed by atoms with Gasteiger partial charge in [-0.25, -0.2) is 0 Å². The van der Waals surface area contributed by atoms with Gasteiger partial charge in [-0.05, 0) is 45.0 Å². The number of primary amides is 1. The molecule has 0 spiro atoms. The van der Waals surface area contributed by atoms with Crippen molar-refractivity contribution in [1.29, 1.82) is 0 Å². The van der Waals surface area contributed by atoms with E-state index >= 15 is 0 Å². The summed E-state index contributed by atoms with van der Waals surface area (Å²) in [6.07, 6.45) is 2.82. The fourth-order valence-electron chi connectivity index (χ4n) is 2.47. The minimum atomic E-state index is -6.03. The lowest BCUT2D eigenvalue weighted by molar-refractivity contribution is -0.0500. The fourth-order valence-corrected chi connectivity index (χ4v) is 3.40. The first-order valence-electron chi connectivity index (χ1n) is 7.87. The van der Waals surface area contributed by atoms with Gasteiger partial charge in [0.15, 0.2) is 11.5 Å². The van der Waals surface area contributed by atoms with E-state index in [-0.39, 0.29) is 4.47 Å². The Bertz CT molecular complexity index is 786. The SMILES string of the molecule is CCN1CCCC1C.NC(=O)c1cc(Br)cc(O)c1OS(=O)(=O)C(F)(F)F. The first-order chi connectivity index (χ1) is 12.3. The quantitative estimate of drug-likeness (QED) is 0.510. The van der Waals surface area contributed by atoms with Crippen molar-refractivity contribution in [2.45, 2.75) is 38.2 Å². The molecular weight excluding hydrogens is 457 g/mol. The Hall–Kier alpha value is -1.53. The lowest BCUT2D eigenvalue weighted by atomic mass is 10.2. The molecule has 12 heteroatoms. The Balaban J connectivity index is 0.000000377. The van der Waals surface area contributed by atoms with Gasteiger partial charge in [0.1, 0.15) is 0 Å². The van der Waals surface area contributed by atoms with Crippen LogP contribution in [0.4, 0.5) is 13.2 Å². The zero-order valence-electron chi connectivity index (χ0n) is 14.6. The Morgan fingerprint density at radius 2 is 2.04 bits per heavy atom. The largest absolute Gasteiger partial charge is 0.534 e. The first-order valence-corrected chi connectivity index (χ1v) is 10.1. The molecule has 0 bridgehead atoms. The highest BCUT2D eigenvalue weighted by atomic mass is 79.9. The number of hydrogen-bond donors (Lipinski definition) is 2. The molecule has 1 aliphatic heterocycles. The van der Waals surface area contributed by atoms with Gasteiger partial charge in [0.05, 0.1) is 5.56 Å². The van der Waals surface area contributed by atoms with Crippen molar-refractivity contribution in [3.8, 4) is 11.5 Å². The Morgan fingerprint density at radius 1 is 1.44 bits per heavy atom. The molecule has 1 fully saturated rings. The molecule has 1 unspecified atom stereocenters. The molecular formula is C15H20BrF3N2O5S. The van der Waals surface area contributed by atoms with Crippen molar-refractivity contribution < 1.29 is 35.7 Å². The van der Waals surface area contributed by atoms with E-state index < -0.39 is 38.6 Å². The maximum absolute atomic E-state index is 12.1. The second-order valence-electron chi connectivity index (χ2n) is 5.77. The van der Waals surface area contributed by atoms with Crippen LogP contribution in [0, 0.1) is 0 Å². The predicted octanol–water partition coefficient (Wildman–Crippen LogP) is 2.97. The smallest absolute Gasteiger partial charge is 0.504 e. The van der Waals surface area contributed by atoms with Crippen LogP contribution in [0.5, 0.6) is 11.5 Å². The third-order valence-electron chi connectivity index (χ3n) is 3.87. The van der Waals surface area contributed by atoms with E-state index in [0.717, 1.165) is 18.2 Å². The average Bonchev–Trinajstić information content (AvgIpc) is 2.94. The van der Waals surface area contributed by atoms with Gasteiger partial charge in [-0.15, -0.1) is 0 Å². The van der Waals surface area contributed by atoms with Crippen LogP contribution < -0.4 is 9.92 Å². The van der Waals surface area contributed by atoms with Gasteiger partial charge in [-0.2, -0.15) is 21.6 Å². The predicted molar refractivity (Wildman–Crippen MR) is 95.9 cm³/mol. The van der Waals surface area contributed by atoms with Crippen molar-refractivity contribution in [3.63, 3.8) is 0 Å². The van der Waals surface area contributed by atoms with Crippen molar-refractivity contribution in [2.24, 2.45) is 5.73 Å². The van der Waals surface area contributed by atoms with Gasteiger partial charge in [0.25, 0.3) is 5.91 Å². The van der Waals surface area contributed by atoms with Gasteiger partial charge in [-0.3, -0.25) is 4.79 Å². The number of likely N-dealkylation sites (tertiary alicyclic amines) is 1. The summed E-state index contributed by atoms with van der Waals surface area (Å²) >= 11 is 2.84. The number of phenolic OH excluding ortho intramolecular Hbond substituents is 1. The van der Waals surface area contributed by atoms with Crippen LogP contribution in [0.25, 0.3) is 0 Å². The summed E-state index contributed by atoms with van der Waals surface area (Å²) in [5.41, 5.74) is -1.58. The molecule has 0 aliphatic carbocycles. The molecule has 1 atom stereocenters. The van der Waals surface area contributed by atoms with E-state index in [9.17, 15) is 31.5 Å². The maximum Gasteiger partial charge on any atom is 0.534 e. The number of phenols is 1. The molecule has 0 saturated carbocycles. The maximum atomic E-state index is 12.1. The number of alkyl halides is 3. The van der Waals surface area contributed by atoms with Crippen molar-refractivity contribution in [1.82, 2.24) is 4.90 Å². The van der Waals surface area contributed by atoms with Crippen LogP contribution in [0.1, 0.15) is 37.0 Å². The number of hydrogen-bond acceptors (Lipinski definition) is 6. The third-order valence-corrected chi connectivity index (χ3v) is 5.28. The molecule has 154 valence electrons. The van der Waals surface area contributed by atoms with Gasteiger partial charge >= 0.3 is 15.6 Å². The number of amides is 1. The number of carbonyl (C=O) groups is 1. The Labute approximate surface area is 163 Å². The van der Waals surface area contributed by atoms with Crippen LogP contribution in [-0.2, 0) is 10.1 Å². The van der Waals surface area contributed by atoms with Gasteiger partial charge < -0.3 is 19.9 Å². The van der Waals surface area contributed by atoms with Crippen LogP contribution in [-0.4, -0.2) is 49.0 Å². The highest BCUT2D eigenvalue weighted by molar-refractivity contribution is 9.10. The summed E-state index contributed by atoms with van der Waals surface area (Å²) < 4.78 is 61.9.